The first kappa shape index (κ1) is 20.7. The zero-order valence-electron chi connectivity index (χ0n) is 18.2. The fraction of sp³-hybridized carbons (Fsp3) is 0.400. The Morgan fingerprint density at radius 2 is 1.78 bits per heavy atom. The number of carbonyl (C=O) groups excluding carboxylic acids is 2. The summed E-state index contributed by atoms with van der Waals surface area (Å²) in [5, 5.41) is 0. The van der Waals surface area contributed by atoms with Crippen LogP contribution >= 0.6 is 0 Å². The van der Waals surface area contributed by atoms with Crippen LogP contribution in [0.1, 0.15) is 23.7 Å². The van der Waals surface area contributed by atoms with Crippen LogP contribution in [-0.4, -0.2) is 70.6 Å². The van der Waals surface area contributed by atoms with Gasteiger partial charge in [0.2, 0.25) is 11.8 Å². The summed E-state index contributed by atoms with van der Waals surface area (Å²) in [6, 6.07) is 18.1. The maximum Gasteiger partial charge on any atom is 0.242 e. The van der Waals surface area contributed by atoms with Crippen LogP contribution in [0.2, 0.25) is 0 Å². The molecule has 1 aromatic heterocycles. The molecule has 0 spiro atoms. The zero-order chi connectivity index (χ0) is 21.9. The van der Waals surface area contributed by atoms with Gasteiger partial charge in [-0.05, 0) is 24.1 Å². The van der Waals surface area contributed by atoms with E-state index in [9.17, 15) is 9.59 Å². The van der Waals surface area contributed by atoms with Gasteiger partial charge < -0.3 is 19.1 Å². The van der Waals surface area contributed by atoms with Crippen LogP contribution in [0, 0.1) is 0 Å². The highest BCUT2D eigenvalue weighted by atomic mass is 16.5. The Morgan fingerprint density at radius 3 is 2.59 bits per heavy atom. The molecule has 166 valence electrons. The van der Waals surface area contributed by atoms with E-state index in [0.717, 1.165) is 23.3 Å². The van der Waals surface area contributed by atoms with E-state index in [2.05, 4.69) is 12.1 Å². The summed E-state index contributed by atoms with van der Waals surface area (Å²) in [5.74, 6) is 1.05. The third-order valence-corrected chi connectivity index (χ3v) is 6.43. The fourth-order valence-corrected chi connectivity index (χ4v) is 4.69. The highest BCUT2D eigenvalue weighted by Crippen LogP contribution is 2.30. The highest BCUT2D eigenvalue weighted by Gasteiger charge is 2.34. The van der Waals surface area contributed by atoms with Gasteiger partial charge in [-0.15, -0.1) is 0 Å². The summed E-state index contributed by atoms with van der Waals surface area (Å²) in [4.78, 5) is 34.4. The standard InChI is InChI=1S/C25H28N4O3/c30-23-16-20(17-28(23)11-10-19-6-2-1-3-7-19)25-26-21-8-4-5-9-22(21)29(25)18-24(31)27-12-14-32-15-13-27/h1-9,20H,10-18H2. The Balaban J connectivity index is 1.36. The number of imidazole rings is 1. The third kappa shape index (κ3) is 4.25. The van der Waals surface area contributed by atoms with Gasteiger partial charge in [0, 0.05) is 38.5 Å². The maximum absolute atomic E-state index is 13.0. The van der Waals surface area contributed by atoms with Crippen molar-refractivity contribution in [1.29, 1.82) is 0 Å². The Hall–Kier alpha value is -3.19. The Bertz CT molecular complexity index is 1100. The molecule has 3 aromatic rings. The van der Waals surface area contributed by atoms with E-state index < -0.39 is 0 Å². The lowest BCUT2D eigenvalue weighted by Gasteiger charge is -2.27. The lowest BCUT2D eigenvalue weighted by Crippen LogP contribution is -2.42. The fourth-order valence-electron chi connectivity index (χ4n) is 4.69. The number of fused-ring (bicyclic) bond motifs is 1. The molecule has 5 rings (SSSR count). The molecule has 1 unspecified atom stereocenters. The van der Waals surface area contributed by atoms with Gasteiger partial charge in [0.05, 0.1) is 24.2 Å². The largest absolute Gasteiger partial charge is 0.378 e. The smallest absolute Gasteiger partial charge is 0.242 e. The van der Waals surface area contributed by atoms with Crippen LogP contribution in [-0.2, 0) is 27.3 Å². The van der Waals surface area contributed by atoms with Crippen molar-refractivity contribution in [1.82, 2.24) is 19.4 Å². The van der Waals surface area contributed by atoms with E-state index in [1.165, 1.54) is 5.56 Å². The normalized spacial score (nSPS) is 19.1. The molecule has 2 aliphatic heterocycles. The molecule has 0 saturated carbocycles. The lowest BCUT2D eigenvalue weighted by molar-refractivity contribution is -0.135. The molecule has 1 atom stereocenters. The summed E-state index contributed by atoms with van der Waals surface area (Å²) in [6.45, 7) is 3.98. The number of benzene rings is 2. The van der Waals surface area contributed by atoms with Crippen molar-refractivity contribution in [2.45, 2.75) is 25.3 Å². The van der Waals surface area contributed by atoms with Crippen LogP contribution in [0.25, 0.3) is 11.0 Å². The van der Waals surface area contributed by atoms with Crippen LogP contribution in [0.3, 0.4) is 0 Å². The molecular weight excluding hydrogens is 404 g/mol. The van der Waals surface area contributed by atoms with Crippen molar-refractivity contribution in [2.75, 3.05) is 39.4 Å². The first-order chi connectivity index (χ1) is 15.7. The van der Waals surface area contributed by atoms with Gasteiger partial charge in [-0.1, -0.05) is 42.5 Å². The second kappa shape index (κ2) is 9.12. The lowest BCUT2D eigenvalue weighted by atomic mass is 10.1. The average molecular weight is 433 g/mol. The number of aromatic nitrogens is 2. The number of hydrogen-bond acceptors (Lipinski definition) is 4. The molecule has 2 amide bonds. The summed E-state index contributed by atoms with van der Waals surface area (Å²) < 4.78 is 7.40. The molecule has 0 radical (unpaired) electrons. The van der Waals surface area contributed by atoms with Crippen LogP contribution < -0.4 is 0 Å². The highest BCUT2D eigenvalue weighted by molar-refractivity contribution is 5.83. The van der Waals surface area contributed by atoms with Gasteiger partial charge in [0.15, 0.2) is 0 Å². The first-order valence-electron chi connectivity index (χ1n) is 11.3. The van der Waals surface area contributed by atoms with Gasteiger partial charge in [0.25, 0.3) is 0 Å². The number of hydrogen-bond donors (Lipinski definition) is 0. The van der Waals surface area contributed by atoms with Gasteiger partial charge in [0.1, 0.15) is 12.4 Å². The number of carbonyl (C=O) groups is 2. The quantitative estimate of drug-likeness (QED) is 0.600. The molecule has 0 N–H and O–H groups in total. The minimum absolute atomic E-state index is 0.0110. The molecule has 7 heteroatoms. The topological polar surface area (TPSA) is 67.7 Å². The van der Waals surface area contributed by atoms with Gasteiger partial charge in [-0.25, -0.2) is 4.98 Å². The number of amides is 2. The Morgan fingerprint density at radius 1 is 1.03 bits per heavy atom. The molecule has 0 bridgehead atoms. The predicted octanol–water partition coefficient (Wildman–Crippen LogP) is 2.45. The third-order valence-electron chi connectivity index (χ3n) is 6.43. The van der Waals surface area contributed by atoms with Crippen molar-refractivity contribution in [3.63, 3.8) is 0 Å². The minimum Gasteiger partial charge on any atom is -0.378 e. The molecule has 2 aliphatic rings. The molecule has 2 aromatic carbocycles. The van der Waals surface area contributed by atoms with Crippen molar-refractivity contribution in [2.24, 2.45) is 0 Å². The molecule has 3 heterocycles. The molecule has 2 saturated heterocycles. The Kier molecular flexibility index (Phi) is 5.90. The van der Waals surface area contributed by atoms with E-state index in [0.29, 0.717) is 45.8 Å². The Labute approximate surface area is 187 Å². The second-order valence-corrected chi connectivity index (χ2v) is 8.51. The summed E-state index contributed by atoms with van der Waals surface area (Å²) >= 11 is 0. The van der Waals surface area contributed by atoms with E-state index in [1.807, 2.05) is 56.8 Å². The number of ether oxygens (including phenoxy) is 1. The van der Waals surface area contributed by atoms with E-state index in [1.54, 1.807) is 0 Å². The van der Waals surface area contributed by atoms with Crippen molar-refractivity contribution in [3.05, 3.63) is 66.0 Å². The maximum atomic E-state index is 13.0. The van der Waals surface area contributed by atoms with E-state index in [-0.39, 0.29) is 24.3 Å². The van der Waals surface area contributed by atoms with Crippen LogP contribution in [0.15, 0.2) is 54.6 Å². The van der Waals surface area contributed by atoms with Crippen molar-refractivity contribution in [3.8, 4) is 0 Å². The van der Waals surface area contributed by atoms with Crippen LogP contribution in [0.5, 0.6) is 0 Å². The molecule has 0 aliphatic carbocycles. The van der Waals surface area contributed by atoms with E-state index >= 15 is 0 Å². The van der Waals surface area contributed by atoms with Crippen LogP contribution in [0.4, 0.5) is 0 Å². The monoisotopic (exact) mass is 432 g/mol. The number of para-hydroxylation sites is 2. The molecular formula is C25H28N4O3. The zero-order valence-corrected chi connectivity index (χ0v) is 18.2. The van der Waals surface area contributed by atoms with Crippen molar-refractivity contribution < 1.29 is 14.3 Å². The SMILES string of the molecule is O=C(Cn1c(C2CC(=O)N(CCc3ccccc3)C2)nc2ccccc21)N1CCOCC1. The predicted molar refractivity (Wildman–Crippen MR) is 121 cm³/mol. The number of likely N-dealkylation sites (tertiary alicyclic amines) is 1. The minimum atomic E-state index is -0.0110. The number of rotatable bonds is 6. The first-order valence-corrected chi connectivity index (χ1v) is 11.3. The van der Waals surface area contributed by atoms with Gasteiger partial charge >= 0.3 is 0 Å². The number of morpholine rings is 1. The van der Waals surface area contributed by atoms with E-state index in [4.69, 9.17) is 9.72 Å². The summed E-state index contributed by atoms with van der Waals surface area (Å²) in [6.07, 6.45) is 1.27. The molecule has 7 nitrogen and oxygen atoms in total. The summed E-state index contributed by atoms with van der Waals surface area (Å²) in [7, 11) is 0. The van der Waals surface area contributed by atoms with Crippen molar-refractivity contribution >= 4 is 22.8 Å². The second-order valence-electron chi connectivity index (χ2n) is 8.51. The molecule has 2 fully saturated rings. The van der Waals surface area contributed by atoms with Gasteiger partial charge in [-0.2, -0.15) is 0 Å². The number of nitrogens with zero attached hydrogens (tertiary/aromatic N) is 4. The van der Waals surface area contributed by atoms with Gasteiger partial charge in [-0.3, -0.25) is 9.59 Å². The average Bonchev–Trinajstić information content (AvgIpc) is 3.39. The molecule has 32 heavy (non-hydrogen) atoms. The summed E-state index contributed by atoms with van der Waals surface area (Å²) in [5.41, 5.74) is 3.04.